The Morgan fingerprint density at radius 1 is 1.15 bits per heavy atom. The van der Waals surface area contributed by atoms with Gasteiger partial charge < -0.3 is 15.4 Å². The normalized spacial score (nSPS) is 19.9. The quantitative estimate of drug-likeness (QED) is 0.807. The van der Waals surface area contributed by atoms with Crippen molar-refractivity contribution >= 4 is 5.91 Å². The van der Waals surface area contributed by atoms with Gasteiger partial charge in [0.05, 0.1) is 7.11 Å². The van der Waals surface area contributed by atoms with Gasteiger partial charge in [-0.3, -0.25) is 4.79 Å². The SMILES string of the molecule is COc1ccc(CN2C(=O)C(CC(CN)c3ccccc3)CC2(C)C)cc1. The number of carbonyl (C=O) groups excluding carboxylic acids is 1. The molecule has 1 aliphatic heterocycles. The number of likely N-dealkylation sites (tertiary alicyclic amines) is 1. The van der Waals surface area contributed by atoms with Gasteiger partial charge in [-0.2, -0.15) is 0 Å². The second-order valence-electron chi connectivity index (χ2n) is 8.06. The third kappa shape index (κ3) is 4.33. The summed E-state index contributed by atoms with van der Waals surface area (Å²) in [4.78, 5) is 15.2. The average Bonchev–Trinajstić information content (AvgIpc) is 2.90. The molecule has 2 N–H and O–H groups in total. The van der Waals surface area contributed by atoms with E-state index < -0.39 is 0 Å². The molecule has 3 rings (SSSR count). The molecule has 1 aliphatic rings. The summed E-state index contributed by atoms with van der Waals surface area (Å²) in [5.74, 6) is 1.31. The summed E-state index contributed by atoms with van der Waals surface area (Å²) < 4.78 is 5.22. The lowest BCUT2D eigenvalue weighted by Gasteiger charge is -2.31. The summed E-state index contributed by atoms with van der Waals surface area (Å²) in [6, 6.07) is 18.2. The average molecular weight is 367 g/mol. The lowest BCUT2D eigenvalue weighted by molar-refractivity contribution is -0.134. The maximum atomic E-state index is 13.2. The van der Waals surface area contributed by atoms with Crippen LogP contribution in [-0.4, -0.2) is 30.0 Å². The molecule has 0 radical (unpaired) electrons. The Hall–Kier alpha value is -2.33. The first-order valence-electron chi connectivity index (χ1n) is 9.64. The number of amides is 1. The van der Waals surface area contributed by atoms with Gasteiger partial charge in [0, 0.05) is 18.0 Å². The van der Waals surface area contributed by atoms with Gasteiger partial charge in [-0.05, 0) is 62.4 Å². The number of hydrogen-bond acceptors (Lipinski definition) is 3. The van der Waals surface area contributed by atoms with E-state index in [-0.39, 0.29) is 23.3 Å². The van der Waals surface area contributed by atoms with E-state index in [9.17, 15) is 4.79 Å². The Kier molecular flexibility index (Phi) is 5.85. The number of methoxy groups -OCH3 is 1. The second-order valence-corrected chi connectivity index (χ2v) is 8.06. The van der Waals surface area contributed by atoms with Gasteiger partial charge in [-0.1, -0.05) is 42.5 Å². The summed E-state index contributed by atoms with van der Waals surface area (Å²) in [5.41, 5.74) is 8.23. The van der Waals surface area contributed by atoms with Crippen molar-refractivity contribution in [2.75, 3.05) is 13.7 Å². The van der Waals surface area contributed by atoms with Gasteiger partial charge in [0.25, 0.3) is 0 Å². The predicted octanol–water partition coefficient (Wildman–Crippen LogP) is 3.95. The van der Waals surface area contributed by atoms with Crippen LogP contribution in [0.25, 0.3) is 0 Å². The van der Waals surface area contributed by atoms with Gasteiger partial charge in [0.2, 0.25) is 5.91 Å². The highest BCUT2D eigenvalue weighted by Gasteiger charge is 2.45. The minimum Gasteiger partial charge on any atom is -0.497 e. The third-order valence-electron chi connectivity index (χ3n) is 5.72. The molecule has 2 aromatic rings. The zero-order valence-electron chi connectivity index (χ0n) is 16.5. The van der Waals surface area contributed by atoms with Crippen LogP contribution in [0.2, 0.25) is 0 Å². The fraction of sp³-hybridized carbons (Fsp3) is 0.435. The molecule has 0 spiro atoms. The largest absolute Gasteiger partial charge is 0.497 e. The van der Waals surface area contributed by atoms with Crippen molar-refractivity contribution in [2.24, 2.45) is 11.7 Å². The molecule has 144 valence electrons. The molecule has 0 aromatic heterocycles. The van der Waals surface area contributed by atoms with Gasteiger partial charge >= 0.3 is 0 Å². The third-order valence-corrected chi connectivity index (χ3v) is 5.72. The number of ether oxygens (including phenoxy) is 1. The highest BCUT2D eigenvalue weighted by molar-refractivity contribution is 5.82. The minimum atomic E-state index is -0.155. The number of nitrogens with two attached hydrogens (primary N) is 1. The Morgan fingerprint density at radius 3 is 2.41 bits per heavy atom. The lowest BCUT2D eigenvalue weighted by atomic mass is 9.85. The van der Waals surface area contributed by atoms with E-state index in [1.54, 1.807) is 7.11 Å². The zero-order chi connectivity index (χ0) is 19.4. The summed E-state index contributed by atoms with van der Waals surface area (Å²) in [6.45, 7) is 5.51. The molecular weight excluding hydrogens is 336 g/mol. The molecule has 2 aromatic carbocycles. The lowest BCUT2D eigenvalue weighted by Crippen LogP contribution is -2.40. The first kappa shape index (κ1) is 19.4. The van der Waals surface area contributed by atoms with Crippen LogP contribution in [0.3, 0.4) is 0 Å². The zero-order valence-corrected chi connectivity index (χ0v) is 16.5. The molecule has 2 atom stereocenters. The van der Waals surface area contributed by atoms with E-state index in [4.69, 9.17) is 10.5 Å². The molecule has 4 nitrogen and oxygen atoms in total. The van der Waals surface area contributed by atoms with Crippen molar-refractivity contribution in [1.29, 1.82) is 0 Å². The summed E-state index contributed by atoms with van der Waals surface area (Å²) in [5, 5.41) is 0. The molecule has 4 heteroatoms. The van der Waals surface area contributed by atoms with Crippen molar-refractivity contribution in [2.45, 2.75) is 44.7 Å². The summed E-state index contributed by atoms with van der Waals surface area (Å²) >= 11 is 0. The second kappa shape index (κ2) is 8.13. The van der Waals surface area contributed by atoms with Crippen LogP contribution in [-0.2, 0) is 11.3 Å². The maximum absolute atomic E-state index is 13.2. The van der Waals surface area contributed by atoms with E-state index in [1.807, 2.05) is 47.4 Å². The highest BCUT2D eigenvalue weighted by atomic mass is 16.5. The summed E-state index contributed by atoms with van der Waals surface area (Å²) in [6.07, 6.45) is 1.67. The van der Waals surface area contributed by atoms with E-state index in [0.29, 0.717) is 13.1 Å². The molecule has 1 saturated heterocycles. The first-order chi connectivity index (χ1) is 12.9. The fourth-order valence-electron chi connectivity index (χ4n) is 4.15. The number of hydrogen-bond donors (Lipinski definition) is 1. The molecule has 1 amide bonds. The van der Waals surface area contributed by atoms with Crippen LogP contribution in [0.15, 0.2) is 54.6 Å². The smallest absolute Gasteiger partial charge is 0.226 e. The summed E-state index contributed by atoms with van der Waals surface area (Å²) in [7, 11) is 1.66. The van der Waals surface area contributed by atoms with Crippen molar-refractivity contribution in [3.05, 3.63) is 65.7 Å². The van der Waals surface area contributed by atoms with Gasteiger partial charge in [-0.25, -0.2) is 0 Å². The van der Waals surface area contributed by atoms with Crippen molar-refractivity contribution in [3.63, 3.8) is 0 Å². The molecule has 0 bridgehead atoms. The van der Waals surface area contributed by atoms with Crippen molar-refractivity contribution in [3.8, 4) is 5.75 Å². The van der Waals surface area contributed by atoms with Crippen LogP contribution in [0, 0.1) is 5.92 Å². The number of nitrogens with zero attached hydrogens (tertiary/aromatic N) is 1. The van der Waals surface area contributed by atoms with Crippen LogP contribution >= 0.6 is 0 Å². The van der Waals surface area contributed by atoms with E-state index >= 15 is 0 Å². The van der Waals surface area contributed by atoms with Gasteiger partial charge in [0.15, 0.2) is 0 Å². The van der Waals surface area contributed by atoms with Gasteiger partial charge in [-0.15, -0.1) is 0 Å². The van der Waals surface area contributed by atoms with Crippen LogP contribution in [0.4, 0.5) is 0 Å². The molecule has 1 heterocycles. The Bertz CT molecular complexity index is 756. The molecule has 0 aliphatic carbocycles. The Balaban J connectivity index is 1.73. The van der Waals surface area contributed by atoms with Crippen LogP contribution < -0.4 is 10.5 Å². The van der Waals surface area contributed by atoms with Crippen LogP contribution in [0.5, 0.6) is 5.75 Å². The molecule has 0 saturated carbocycles. The first-order valence-corrected chi connectivity index (χ1v) is 9.64. The molecule has 1 fully saturated rings. The topological polar surface area (TPSA) is 55.6 Å². The molecule has 2 unspecified atom stereocenters. The van der Waals surface area contributed by atoms with E-state index in [2.05, 4.69) is 26.0 Å². The predicted molar refractivity (Wildman–Crippen MR) is 109 cm³/mol. The van der Waals surface area contributed by atoms with Crippen molar-refractivity contribution in [1.82, 2.24) is 4.90 Å². The molecule has 27 heavy (non-hydrogen) atoms. The molecular formula is C23H30N2O2. The maximum Gasteiger partial charge on any atom is 0.226 e. The van der Waals surface area contributed by atoms with Crippen molar-refractivity contribution < 1.29 is 9.53 Å². The monoisotopic (exact) mass is 366 g/mol. The number of carbonyl (C=O) groups is 1. The van der Waals surface area contributed by atoms with E-state index in [1.165, 1.54) is 5.56 Å². The minimum absolute atomic E-state index is 0.0204. The van der Waals surface area contributed by atoms with E-state index in [0.717, 1.165) is 24.2 Å². The van der Waals surface area contributed by atoms with Gasteiger partial charge in [0.1, 0.15) is 5.75 Å². The Labute approximate surface area is 162 Å². The highest BCUT2D eigenvalue weighted by Crippen LogP contribution is 2.39. The number of benzene rings is 2. The Morgan fingerprint density at radius 2 is 1.81 bits per heavy atom. The number of rotatable bonds is 7. The fourth-order valence-corrected chi connectivity index (χ4v) is 4.15. The van der Waals surface area contributed by atoms with Crippen LogP contribution in [0.1, 0.15) is 43.7 Å². The standard InChI is InChI=1S/C23H30N2O2/c1-23(2)14-19(13-20(15-24)18-7-5-4-6-8-18)22(26)25(23)16-17-9-11-21(27-3)12-10-17/h4-12,19-20H,13-16,24H2,1-3H3.